The van der Waals surface area contributed by atoms with Gasteiger partial charge in [-0.05, 0) is 19.0 Å². The maximum absolute atomic E-state index is 11.2. The summed E-state index contributed by atoms with van der Waals surface area (Å²) in [7, 11) is 1.64. The van der Waals surface area contributed by atoms with Gasteiger partial charge in [0.25, 0.3) is 0 Å². The van der Waals surface area contributed by atoms with E-state index >= 15 is 0 Å². The van der Waals surface area contributed by atoms with Crippen molar-refractivity contribution in [3.05, 3.63) is 35.4 Å². The highest BCUT2D eigenvalue weighted by atomic mass is 16.3. The Morgan fingerprint density at radius 2 is 2.00 bits per heavy atom. The summed E-state index contributed by atoms with van der Waals surface area (Å²) in [6, 6.07) is 7.90. The Hall–Kier alpha value is -1.39. The summed E-state index contributed by atoms with van der Waals surface area (Å²) >= 11 is 0. The predicted octanol–water partition coefficient (Wildman–Crippen LogP) is 1.49. The van der Waals surface area contributed by atoms with Crippen molar-refractivity contribution in [1.82, 2.24) is 10.2 Å². The SMILES string of the molecule is CCN(CCC(=O)NC)C[C@@H](O)c1ccc(C)cc1. The third-order valence-electron chi connectivity index (χ3n) is 3.27. The van der Waals surface area contributed by atoms with Gasteiger partial charge < -0.3 is 15.3 Å². The number of hydrogen-bond donors (Lipinski definition) is 2. The van der Waals surface area contributed by atoms with Crippen molar-refractivity contribution in [2.24, 2.45) is 0 Å². The van der Waals surface area contributed by atoms with Gasteiger partial charge in [-0.15, -0.1) is 0 Å². The van der Waals surface area contributed by atoms with Crippen LogP contribution in [0.15, 0.2) is 24.3 Å². The van der Waals surface area contributed by atoms with E-state index < -0.39 is 6.10 Å². The molecule has 0 aliphatic heterocycles. The van der Waals surface area contributed by atoms with Crippen molar-refractivity contribution < 1.29 is 9.90 Å². The van der Waals surface area contributed by atoms with Gasteiger partial charge in [-0.25, -0.2) is 0 Å². The summed E-state index contributed by atoms with van der Waals surface area (Å²) in [6.45, 7) is 6.10. The largest absolute Gasteiger partial charge is 0.387 e. The van der Waals surface area contributed by atoms with Crippen LogP contribution in [0, 0.1) is 6.92 Å². The number of aliphatic hydroxyl groups is 1. The van der Waals surface area contributed by atoms with Gasteiger partial charge in [0.15, 0.2) is 0 Å². The maximum Gasteiger partial charge on any atom is 0.221 e. The second kappa shape index (κ2) is 7.92. The van der Waals surface area contributed by atoms with E-state index in [1.54, 1.807) is 7.05 Å². The average molecular weight is 264 g/mol. The van der Waals surface area contributed by atoms with Crippen LogP contribution in [-0.2, 0) is 4.79 Å². The number of aliphatic hydroxyl groups excluding tert-OH is 1. The van der Waals surface area contributed by atoms with Crippen molar-refractivity contribution >= 4 is 5.91 Å². The first-order chi connectivity index (χ1) is 9.06. The molecule has 106 valence electrons. The molecule has 2 N–H and O–H groups in total. The number of likely N-dealkylation sites (N-methyl/N-ethyl adjacent to an activating group) is 1. The first-order valence-corrected chi connectivity index (χ1v) is 6.74. The minimum absolute atomic E-state index is 0.0308. The number of hydrogen-bond acceptors (Lipinski definition) is 3. The van der Waals surface area contributed by atoms with Crippen LogP contribution < -0.4 is 5.32 Å². The fourth-order valence-electron chi connectivity index (χ4n) is 1.90. The van der Waals surface area contributed by atoms with Gasteiger partial charge in [0.05, 0.1) is 6.10 Å². The second-order valence-electron chi connectivity index (χ2n) is 4.74. The molecule has 4 nitrogen and oxygen atoms in total. The summed E-state index contributed by atoms with van der Waals surface area (Å²) in [4.78, 5) is 13.3. The number of benzene rings is 1. The van der Waals surface area contributed by atoms with E-state index in [9.17, 15) is 9.90 Å². The number of nitrogens with one attached hydrogen (secondary N) is 1. The fraction of sp³-hybridized carbons (Fsp3) is 0.533. The molecule has 1 aromatic rings. The number of rotatable bonds is 7. The normalized spacial score (nSPS) is 12.5. The van der Waals surface area contributed by atoms with Gasteiger partial charge >= 0.3 is 0 Å². The minimum Gasteiger partial charge on any atom is -0.387 e. The van der Waals surface area contributed by atoms with E-state index in [4.69, 9.17) is 0 Å². The van der Waals surface area contributed by atoms with Crippen LogP contribution >= 0.6 is 0 Å². The molecular weight excluding hydrogens is 240 g/mol. The van der Waals surface area contributed by atoms with Gasteiger partial charge in [-0.1, -0.05) is 36.8 Å². The van der Waals surface area contributed by atoms with Gasteiger partial charge in [0.1, 0.15) is 0 Å². The molecule has 0 spiro atoms. The molecule has 0 aliphatic carbocycles. The molecule has 1 rings (SSSR count). The van der Waals surface area contributed by atoms with Crippen LogP contribution in [0.4, 0.5) is 0 Å². The van der Waals surface area contributed by atoms with Crippen LogP contribution in [0.5, 0.6) is 0 Å². The summed E-state index contributed by atoms with van der Waals surface area (Å²) in [5.74, 6) is 0.0308. The zero-order valence-corrected chi connectivity index (χ0v) is 12.0. The lowest BCUT2D eigenvalue weighted by atomic mass is 10.1. The molecule has 0 radical (unpaired) electrons. The highest BCUT2D eigenvalue weighted by Crippen LogP contribution is 2.15. The molecule has 1 aromatic carbocycles. The molecule has 19 heavy (non-hydrogen) atoms. The molecule has 0 aromatic heterocycles. The molecule has 1 amide bonds. The van der Waals surface area contributed by atoms with Crippen LogP contribution in [0.2, 0.25) is 0 Å². The van der Waals surface area contributed by atoms with Crippen molar-refractivity contribution in [3.63, 3.8) is 0 Å². The lowest BCUT2D eigenvalue weighted by molar-refractivity contribution is -0.121. The topological polar surface area (TPSA) is 52.6 Å². The number of nitrogens with zero attached hydrogens (tertiary/aromatic N) is 1. The monoisotopic (exact) mass is 264 g/mol. The zero-order valence-electron chi connectivity index (χ0n) is 12.0. The highest BCUT2D eigenvalue weighted by molar-refractivity contribution is 5.75. The van der Waals surface area contributed by atoms with E-state index in [0.29, 0.717) is 19.5 Å². The molecule has 4 heteroatoms. The Morgan fingerprint density at radius 3 is 2.53 bits per heavy atom. The molecule has 1 atom stereocenters. The van der Waals surface area contributed by atoms with Gasteiger partial charge in [0.2, 0.25) is 5.91 Å². The van der Waals surface area contributed by atoms with Gasteiger partial charge in [0, 0.05) is 26.6 Å². The molecule has 0 saturated carbocycles. The zero-order chi connectivity index (χ0) is 14.3. The fourth-order valence-corrected chi connectivity index (χ4v) is 1.90. The second-order valence-corrected chi connectivity index (χ2v) is 4.74. The summed E-state index contributed by atoms with van der Waals surface area (Å²) in [6.07, 6.45) is -0.0458. The first kappa shape index (κ1) is 15.7. The number of amides is 1. The lowest BCUT2D eigenvalue weighted by Gasteiger charge is -2.23. The minimum atomic E-state index is -0.509. The molecular formula is C15H24N2O2. The Bertz CT molecular complexity index is 390. The maximum atomic E-state index is 11.2. The number of carbonyl (C=O) groups is 1. The van der Waals surface area contributed by atoms with Crippen molar-refractivity contribution in [2.75, 3.05) is 26.7 Å². The third-order valence-corrected chi connectivity index (χ3v) is 3.27. The smallest absolute Gasteiger partial charge is 0.221 e. The van der Waals surface area contributed by atoms with E-state index in [2.05, 4.69) is 10.2 Å². The van der Waals surface area contributed by atoms with Crippen molar-refractivity contribution in [1.29, 1.82) is 0 Å². The van der Waals surface area contributed by atoms with Gasteiger partial charge in [-0.3, -0.25) is 4.79 Å². The summed E-state index contributed by atoms with van der Waals surface area (Å²) in [5.41, 5.74) is 2.10. The van der Waals surface area contributed by atoms with E-state index in [1.165, 1.54) is 5.56 Å². The van der Waals surface area contributed by atoms with Gasteiger partial charge in [-0.2, -0.15) is 0 Å². The highest BCUT2D eigenvalue weighted by Gasteiger charge is 2.13. The Balaban J connectivity index is 2.50. The standard InChI is InChI=1S/C15H24N2O2/c1-4-17(10-9-15(19)16-3)11-14(18)13-7-5-12(2)6-8-13/h5-8,14,18H,4,9-11H2,1-3H3,(H,16,19)/t14-/m1/s1. The third kappa shape index (κ3) is 5.41. The molecule has 0 saturated heterocycles. The molecule has 0 bridgehead atoms. The summed E-state index contributed by atoms with van der Waals surface area (Å²) in [5, 5.41) is 12.8. The van der Waals surface area contributed by atoms with E-state index in [1.807, 2.05) is 38.1 Å². The van der Waals surface area contributed by atoms with Crippen molar-refractivity contribution in [3.8, 4) is 0 Å². The van der Waals surface area contributed by atoms with Crippen LogP contribution in [0.1, 0.15) is 30.6 Å². The Kier molecular flexibility index (Phi) is 6.53. The quantitative estimate of drug-likeness (QED) is 0.784. The van der Waals surface area contributed by atoms with E-state index in [0.717, 1.165) is 12.1 Å². The van der Waals surface area contributed by atoms with Crippen LogP contribution in [0.25, 0.3) is 0 Å². The first-order valence-electron chi connectivity index (χ1n) is 6.74. The predicted molar refractivity (Wildman–Crippen MR) is 76.9 cm³/mol. The Morgan fingerprint density at radius 1 is 1.37 bits per heavy atom. The Labute approximate surface area is 115 Å². The summed E-state index contributed by atoms with van der Waals surface area (Å²) < 4.78 is 0. The number of carbonyl (C=O) groups excluding carboxylic acids is 1. The molecule has 0 fully saturated rings. The lowest BCUT2D eigenvalue weighted by Crippen LogP contribution is -2.32. The van der Waals surface area contributed by atoms with Crippen LogP contribution in [0.3, 0.4) is 0 Å². The van der Waals surface area contributed by atoms with Crippen LogP contribution in [-0.4, -0.2) is 42.6 Å². The molecule has 0 unspecified atom stereocenters. The van der Waals surface area contributed by atoms with Crippen molar-refractivity contribution in [2.45, 2.75) is 26.4 Å². The molecule has 0 aliphatic rings. The number of aryl methyl sites for hydroxylation is 1. The molecule has 0 heterocycles. The average Bonchev–Trinajstić information content (AvgIpc) is 2.43. The van der Waals surface area contributed by atoms with E-state index in [-0.39, 0.29) is 5.91 Å².